The van der Waals surface area contributed by atoms with Crippen LogP contribution in [0.15, 0.2) is 58.1 Å². The van der Waals surface area contributed by atoms with E-state index in [1.807, 2.05) is 0 Å². The molecule has 1 aromatic rings. The van der Waals surface area contributed by atoms with Crippen LogP contribution < -0.4 is 0 Å². The summed E-state index contributed by atoms with van der Waals surface area (Å²) in [4.78, 5) is 11.3. The highest BCUT2D eigenvalue weighted by atomic mass is 32.2. The Morgan fingerprint density at radius 1 is 1.30 bits per heavy atom. The summed E-state index contributed by atoms with van der Waals surface area (Å²) in [7, 11) is -4.06. The van der Waals surface area contributed by atoms with E-state index in [-0.39, 0.29) is 23.4 Å². The van der Waals surface area contributed by atoms with Crippen LogP contribution in [0.4, 0.5) is 4.39 Å². The Morgan fingerprint density at radius 2 is 1.90 bits per heavy atom. The van der Waals surface area contributed by atoms with E-state index in [9.17, 15) is 17.6 Å². The number of sulfone groups is 1. The number of esters is 1. The SMILES string of the molecule is CCOC(=O)C(=C(C)C=CF)S(=O)(=O)c1ccccc1. The van der Waals surface area contributed by atoms with Crippen molar-refractivity contribution in [3.63, 3.8) is 0 Å². The first-order valence-corrected chi connectivity index (χ1v) is 7.38. The van der Waals surface area contributed by atoms with Gasteiger partial charge >= 0.3 is 5.97 Å². The average molecular weight is 298 g/mol. The van der Waals surface area contributed by atoms with E-state index in [4.69, 9.17) is 4.74 Å². The lowest BCUT2D eigenvalue weighted by atomic mass is 10.3. The molecule has 0 spiro atoms. The summed E-state index contributed by atoms with van der Waals surface area (Å²) in [5.41, 5.74) is -0.0187. The van der Waals surface area contributed by atoms with Gasteiger partial charge in [-0.1, -0.05) is 18.2 Å². The molecule has 0 aliphatic carbocycles. The van der Waals surface area contributed by atoms with Gasteiger partial charge in [0.2, 0.25) is 9.84 Å². The minimum absolute atomic E-state index is 0.0187. The largest absolute Gasteiger partial charge is 0.462 e. The van der Waals surface area contributed by atoms with Gasteiger partial charge in [0, 0.05) is 0 Å². The Kier molecular flexibility index (Phi) is 5.64. The topological polar surface area (TPSA) is 60.4 Å². The molecule has 0 fully saturated rings. The number of hydrogen-bond acceptors (Lipinski definition) is 4. The van der Waals surface area contributed by atoms with Gasteiger partial charge in [-0.15, -0.1) is 0 Å². The number of hydrogen-bond donors (Lipinski definition) is 0. The molecule has 20 heavy (non-hydrogen) atoms. The Hall–Kier alpha value is -1.95. The lowest BCUT2D eigenvalue weighted by Crippen LogP contribution is -2.18. The number of benzene rings is 1. The Morgan fingerprint density at radius 3 is 2.40 bits per heavy atom. The molecule has 0 unspecified atom stereocenters. The summed E-state index contributed by atoms with van der Waals surface area (Å²) < 4.78 is 41.9. The second kappa shape index (κ2) is 7.00. The van der Waals surface area contributed by atoms with E-state index < -0.39 is 20.7 Å². The van der Waals surface area contributed by atoms with Crippen molar-refractivity contribution < 1.29 is 22.3 Å². The van der Waals surface area contributed by atoms with Crippen molar-refractivity contribution in [1.82, 2.24) is 0 Å². The standard InChI is InChI=1S/C14H15FO4S/c1-3-19-14(16)13(11(2)9-10-15)20(17,18)12-7-5-4-6-8-12/h4-10H,3H2,1-2H3. The maximum Gasteiger partial charge on any atom is 0.350 e. The summed E-state index contributed by atoms with van der Waals surface area (Å²) in [6.45, 7) is 2.92. The van der Waals surface area contributed by atoms with Crippen LogP contribution in [-0.2, 0) is 19.4 Å². The summed E-state index contributed by atoms with van der Waals surface area (Å²) in [5.74, 6) is -0.994. The predicted molar refractivity (Wildman–Crippen MR) is 73.2 cm³/mol. The fourth-order valence-corrected chi connectivity index (χ4v) is 3.09. The van der Waals surface area contributed by atoms with E-state index in [0.717, 1.165) is 6.08 Å². The van der Waals surface area contributed by atoms with Gasteiger partial charge in [0.15, 0.2) is 4.91 Å². The fourth-order valence-electron chi connectivity index (χ4n) is 1.57. The molecule has 0 saturated carbocycles. The molecule has 0 aliphatic rings. The molecule has 0 heterocycles. The highest BCUT2D eigenvalue weighted by molar-refractivity contribution is 7.96. The molecule has 108 valence electrons. The Balaban J connectivity index is 3.46. The smallest absolute Gasteiger partial charge is 0.350 e. The van der Waals surface area contributed by atoms with Crippen LogP contribution in [-0.4, -0.2) is 21.0 Å². The van der Waals surface area contributed by atoms with Gasteiger partial charge < -0.3 is 4.74 Å². The summed E-state index contributed by atoms with van der Waals surface area (Å²) in [5, 5.41) is 0. The van der Waals surface area contributed by atoms with Crippen LogP contribution in [0.3, 0.4) is 0 Å². The monoisotopic (exact) mass is 298 g/mol. The van der Waals surface area contributed by atoms with Gasteiger partial charge in [-0.2, -0.15) is 0 Å². The van der Waals surface area contributed by atoms with Crippen molar-refractivity contribution in [3.8, 4) is 0 Å². The Labute approximate surface area is 117 Å². The normalized spacial score (nSPS) is 13.2. The van der Waals surface area contributed by atoms with Crippen molar-refractivity contribution in [1.29, 1.82) is 0 Å². The molecule has 4 nitrogen and oxygen atoms in total. The number of halogens is 1. The zero-order chi connectivity index (χ0) is 15.2. The molecule has 0 amide bonds. The van der Waals surface area contributed by atoms with Crippen molar-refractivity contribution in [2.75, 3.05) is 6.61 Å². The first-order chi connectivity index (χ1) is 9.45. The maximum absolute atomic E-state index is 12.4. The summed E-state index contributed by atoms with van der Waals surface area (Å²) >= 11 is 0. The van der Waals surface area contributed by atoms with E-state index in [2.05, 4.69) is 0 Å². The zero-order valence-electron chi connectivity index (χ0n) is 11.2. The lowest BCUT2D eigenvalue weighted by Gasteiger charge is -2.10. The number of rotatable bonds is 5. The van der Waals surface area contributed by atoms with Gasteiger partial charge in [0.1, 0.15) is 0 Å². The predicted octanol–water partition coefficient (Wildman–Crippen LogP) is 2.78. The van der Waals surface area contributed by atoms with Crippen molar-refractivity contribution >= 4 is 15.8 Å². The number of carbonyl (C=O) groups excluding carboxylic acids is 1. The molecule has 1 rings (SSSR count). The number of allylic oxidation sites excluding steroid dienone is 2. The van der Waals surface area contributed by atoms with Crippen molar-refractivity contribution in [3.05, 3.63) is 53.2 Å². The third-order valence-electron chi connectivity index (χ3n) is 2.45. The highest BCUT2D eigenvalue weighted by Gasteiger charge is 2.29. The van der Waals surface area contributed by atoms with Crippen LogP contribution >= 0.6 is 0 Å². The molecule has 6 heteroatoms. The highest BCUT2D eigenvalue weighted by Crippen LogP contribution is 2.23. The molecule has 0 radical (unpaired) electrons. The van der Waals surface area contributed by atoms with Gasteiger partial charge in [-0.3, -0.25) is 0 Å². The van der Waals surface area contributed by atoms with Crippen LogP contribution in [0.25, 0.3) is 0 Å². The van der Waals surface area contributed by atoms with Crippen LogP contribution in [0, 0.1) is 0 Å². The molecule has 1 aromatic carbocycles. The lowest BCUT2D eigenvalue weighted by molar-refractivity contribution is -0.137. The van der Waals surface area contributed by atoms with Gasteiger partial charge in [0.05, 0.1) is 17.8 Å². The average Bonchev–Trinajstić information content (AvgIpc) is 2.40. The zero-order valence-corrected chi connectivity index (χ0v) is 12.0. The second-order valence-corrected chi connectivity index (χ2v) is 5.73. The summed E-state index contributed by atoms with van der Waals surface area (Å²) in [6, 6.07) is 7.45. The maximum atomic E-state index is 12.4. The minimum atomic E-state index is -4.06. The third kappa shape index (κ3) is 3.54. The van der Waals surface area contributed by atoms with Crippen molar-refractivity contribution in [2.45, 2.75) is 18.7 Å². The van der Waals surface area contributed by atoms with E-state index in [1.54, 1.807) is 13.0 Å². The molecule has 0 bridgehead atoms. The summed E-state index contributed by atoms with van der Waals surface area (Å²) in [6.07, 6.45) is 1.09. The quantitative estimate of drug-likeness (QED) is 0.476. The molecule has 0 aromatic heterocycles. The van der Waals surface area contributed by atoms with E-state index in [0.29, 0.717) is 0 Å². The van der Waals surface area contributed by atoms with E-state index in [1.165, 1.54) is 31.2 Å². The molecule has 0 atom stereocenters. The number of carbonyl (C=O) groups is 1. The van der Waals surface area contributed by atoms with Crippen LogP contribution in [0.1, 0.15) is 13.8 Å². The third-order valence-corrected chi connectivity index (χ3v) is 4.37. The molecular weight excluding hydrogens is 283 g/mol. The van der Waals surface area contributed by atoms with E-state index >= 15 is 0 Å². The Bertz CT molecular complexity index is 630. The number of ether oxygens (including phenoxy) is 1. The van der Waals surface area contributed by atoms with Gasteiger partial charge in [0.25, 0.3) is 0 Å². The van der Waals surface area contributed by atoms with Crippen LogP contribution in [0.2, 0.25) is 0 Å². The fraction of sp³-hybridized carbons (Fsp3) is 0.214. The molecule has 0 saturated heterocycles. The van der Waals surface area contributed by atoms with Gasteiger partial charge in [-0.05, 0) is 37.6 Å². The van der Waals surface area contributed by atoms with Crippen LogP contribution in [0.5, 0.6) is 0 Å². The van der Waals surface area contributed by atoms with Crippen molar-refractivity contribution in [2.24, 2.45) is 0 Å². The molecule has 0 N–H and O–H groups in total. The second-order valence-electron chi connectivity index (χ2n) is 3.84. The van der Waals surface area contributed by atoms with Gasteiger partial charge in [-0.25, -0.2) is 17.6 Å². The molecular formula is C14H15FO4S. The first-order valence-electron chi connectivity index (χ1n) is 5.90. The minimum Gasteiger partial charge on any atom is -0.462 e. The molecule has 0 aliphatic heterocycles. The first kappa shape index (κ1) is 16.1.